The number of H-pyrrole nitrogens is 1. The van der Waals surface area contributed by atoms with Crippen LogP contribution in [-0.4, -0.2) is 26.4 Å². The van der Waals surface area contributed by atoms with Gasteiger partial charge < -0.3 is 10.1 Å². The first-order chi connectivity index (χ1) is 8.40. The minimum atomic E-state index is -1.50. The molecule has 1 aromatic rings. The second kappa shape index (κ2) is 5.44. The number of Topliss-reactive ketones (excluding diaryl/α,β-unsaturated/α-hetero) is 1. The van der Waals surface area contributed by atoms with Crippen LogP contribution in [-0.2, 0) is 6.54 Å². The second-order valence-electron chi connectivity index (χ2n) is 3.85. The molecule has 2 N–H and O–H groups in total. The molecular formula is C11H14N2O5. The first kappa shape index (κ1) is 13.9. The fourth-order valence-corrected chi connectivity index (χ4v) is 1.58. The van der Waals surface area contributed by atoms with E-state index in [1.54, 1.807) is 0 Å². The molecular weight excluding hydrogens is 240 g/mol. The molecule has 7 nitrogen and oxygen atoms in total. The van der Waals surface area contributed by atoms with Gasteiger partial charge in [-0.2, -0.15) is 0 Å². The van der Waals surface area contributed by atoms with Gasteiger partial charge in [0.15, 0.2) is 5.78 Å². The van der Waals surface area contributed by atoms with Crippen molar-refractivity contribution < 1.29 is 14.7 Å². The van der Waals surface area contributed by atoms with E-state index in [0.29, 0.717) is 6.42 Å². The Hall–Kier alpha value is -2.18. The van der Waals surface area contributed by atoms with Crippen LogP contribution in [0.25, 0.3) is 0 Å². The maximum absolute atomic E-state index is 11.9. The number of aromatic nitrogens is 2. The van der Waals surface area contributed by atoms with E-state index in [-0.39, 0.29) is 6.54 Å². The van der Waals surface area contributed by atoms with E-state index in [0.717, 1.165) is 17.9 Å². The van der Waals surface area contributed by atoms with Crippen LogP contribution in [0.3, 0.4) is 0 Å². The Morgan fingerprint density at radius 1 is 1.33 bits per heavy atom. The van der Waals surface area contributed by atoms with Gasteiger partial charge in [0.25, 0.3) is 5.56 Å². The molecule has 18 heavy (non-hydrogen) atoms. The van der Waals surface area contributed by atoms with Gasteiger partial charge in [0.1, 0.15) is 11.3 Å². The van der Waals surface area contributed by atoms with Gasteiger partial charge in [-0.05, 0) is 13.3 Å². The molecule has 1 rings (SSSR count). The zero-order chi connectivity index (χ0) is 13.9. The van der Waals surface area contributed by atoms with Crippen LogP contribution in [0.1, 0.15) is 47.5 Å². The summed E-state index contributed by atoms with van der Waals surface area (Å²) in [6, 6.07) is 0. The summed E-state index contributed by atoms with van der Waals surface area (Å²) in [4.78, 5) is 47.8. The van der Waals surface area contributed by atoms with Crippen molar-refractivity contribution in [1.29, 1.82) is 0 Å². The van der Waals surface area contributed by atoms with E-state index in [4.69, 9.17) is 5.11 Å². The van der Waals surface area contributed by atoms with Crippen molar-refractivity contribution in [3.63, 3.8) is 0 Å². The third-order valence-electron chi connectivity index (χ3n) is 2.49. The second-order valence-corrected chi connectivity index (χ2v) is 3.85. The number of hydrogen-bond acceptors (Lipinski definition) is 4. The zero-order valence-electron chi connectivity index (χ0n) is 10.1. The Balaban J connectivity index is 3.56. The number of carboxylic acids is 1. The highest BCUT2D eigenvalue weighted by atomic mass is 16.4. The summed E-state index contributed by atoms with van der Waals surface area (Å²) in [7, 11) is 0. The number of carbonyl (C=O) groups excluding carboxylic acids is 1. The third kappa shape index (κ3) is 2.55. The Morgan fingerprint density at radius 3 is 2.39 bits per heavy atom. The molecule has 0 radical (unpaired) electrons. The minimum Gasteiger partial charge on any atom is -0.477 e. The Kier molecular flexibility index (Phi) is 4.19. The average Bonchev–Trinajstić information content (AvgIpc) is 2.27. The Morgan fingerprint density at radius 2 is 1.94 bits per heavy atom. The average molecular weight is 254 g/mol. The highest BCUT2D eigenvalue weighted by Crippen LogP contribution is 2.00. The summed E-state index contributed by atoms with van der Waals surface area (Å²) in [6.07, 6.45) is 1.36. The lowest BCUT2D eigenvalue weighted by atomic mass is 10.1. The van der Waals surface area contributed by atoms with Crippen LogP contribution in [0.4, 0.5) is 0 Å². The molecule has 0 saturated heterocycles. The maximum atomic E-state index is 11.9. The van der Waals surface area contributed by atoms with E-state index in [1.807, 2.05) is 6.92 Å². The molecule has 0 aliphatic carbocycles. The molecule has 0 aliphatic heterocycles. The van der Waals surface area contributed by atoms with Crippen LogP contribution in [0, 0.1) is 0 Å². The van der Waals surface area contributed by atoms with E-state index in [1.165, 1.54) is 0 Å². The Bertz CT molecular complexity index is 596. The minimum absolute atomic E-state index is 0.158. The normalized spacial score (nSPS) is 10.3. The molecule has 0 spiro atoms. The summed E-state index contributed by atoms with van der Waals surface area (Å²) in [5.74, 6) is -2.18. The van der Waals surface area contributed by atoms with Crippen molar-refractivity contribution >= 4 is 11.8 Å². The maximum Gasteiger partial charge on any atom is 0.353 e. The van der Waals surface area contributed by atoms with E-state index < -0.39 is 34.3 Å². The predicted octanol–water partition coefficient (Wildman–Crippen LogP) is 0.238. The number of ketones is 1. The van der Waals surface area contributed by atoms with Gasteiger partial charge >= 0.3 is 11.7 Å². The number of carboxylic acid groups (broad SMARTS) is 1. The number of hydrogen-bond donors (Lipinski definition) is 2. The molecule has 0 saturated carbocycles. The molecule has 7 heteroatoms. The molecule has 1 heterocycles. The monoisotopic (exact) mass is 254 g/mol. The number of unbranched alkanes of at least 4 members (excludes halogenated alkanes) is 1. The van der Waals surface area contributed by atoms with Crippen molar-refractivity contribution in [2.75, 3.05) is 0 Å². The van der Waals surface area contributed by atoms with Gasteiger partial charge in [-0.25, -0.2) is 9.59 Å². The van der Waals surface area contributed by atoms with Crippen LogP contribution in [0.5, 0.6) is 0 Å². The molecule has 98 valence electrons. The summed E-state index contributed by atoms with van der Waals surface area (Å²) < 4.78 is 0.854. The SMILES string of the molecule is CCCCn1c(=O)[nH]c(C(=O)O)c(C(C)=O)c1=O. The first-order valence-electron chi connectivity index (χ1n) is 5.51. The van der Waals surface area contributed by atoms with Gasteiger partial charge in [-0.15, -0.1) is 0 Å². The highest BCUT2D eigenvalue weighted by molar-refractivity contribution is 6.03. The van der Waals surface area contributed by atoms with Gasteiger partial charge in [0, 0.05) is 6.54 Å². The van der Waals surface area contributed by atoms with Crippen LogP contribution in [0.15, 0.2) is 9.59 Å². The molecule has 0 unspecified atom stereocenters. The number of nitrogens with zero attached hydrogens (tertiary/aromatic N) is 1. The van der Waals surface area contributed by atoms with E-state index in [9.17, 15) is 19.2 Å². The fourth-order valence-electron chi connectivity index (χ4n) is 1.58. The lowest BCUT2D eigenvalue weighted by Crippen LogP contribution is -2.40. The molecule has 0 atom stereocenters. The van der Waals surface area contributed by atoms with Crippen LogP contribution in [0.2, 0.25) is 0 Å². The topological polar surface area (TPSA) is 109 Å². The van der Waals surface area contributed by atoms with Gasteiger partial charge in [-0.3, -0.25) is 14.2 Å². The van der Waals surface area contributed by atoms with E-state index >= 15 is 0 Å². The molecule has 0 aromatic carbocycles. The van der Waals surface area contributed by atoms with Gasteiger partial charge in [0.05, 0.1) is 0 Å². The standard InChI is InChI=1S/C11H14N2O5/c1-3-4-5-13-9(15)7(6(2)14)8(10(16)17)12-11(13)18/h3-5H2,1-2H3,(H,12,18)(H,16,17). The molecule has 0 aliphatic rings. The smallest absolute Gasteiger partial charge is 0.353 e. The number of carbonyl (C=O) groups is 2. The highest BCUT2D eigenvalue weighted by Gasteiger charge is 2.21. The quantitative estimate of drug-likeness (QED) is 0.731. The van der Waals surface area contributed by atoms with Gasteiger partial charge in [0.2, 0.25) is 0 Å². The van der Waals surface area contributed by atoms with Crippen molar-refractivity contribution in [3.05, 3.63) is 32.1 Å². The molecule has 0 amide bonds. The summed E-state index contributed by atoms with van der Waals surface area (Å²) in [5.41, 5.74) is -2.79. The lowest BCUT2D eigenvalue weighted by molar-refractivity contribution is 0.0684. The van der Waals surface area contributed by atoms with Crippen LogP contribution < -0.4 is 11.2 Å². The third-order valence-corrected chi connectivity index (χ3v) is 2.49. The molecule has 0 bridgehead atoms. The van der Waals surface area contributed by atoms with Crippen molar-refractivity contribution in [2.45, 2.75) is 33.2 Å². The molecule has 0 fully saturated rings. The predicted molar refractivity (Wildman–Crippen MR) is 63.2 cm³/mol. The van der Waals surface area contributed by atoms with Crippen LogP contribution >= 0.6 is 0 Å². The van der Waals surface area contributed by atoms with Crippen molar-refractivity contribution in [1.82, 2.24) is 9.55 Å². The van der Waals surface area contributed by atoms with Crippen molar-refractivity contribution in [3.8, 4) is 0 Å². The fraction of sp³-hybridized carbons (Fsp3) is 0.455. The number of aromatic carboxylic acids is 1. The first-order valence-corrected chi connectivity index (χ1v) is 5.51. The summed E-state index contributed by atoms with van der Waals surface area (Å²) >= 11 is 0. The van der Waals surface area contributed by atoms with Gasteiger partial charge in [-0.1, -0.05) is 13.3 Å². The van der Waals surface area contributed by atoms with Crippen molar-refractivity contribution in [2.24, 2.45) is 0 Å². The number of rotatable bonds is 5. The molecule has 1 aromatic heterocycles. The number of aromatic amines is 1. The largest absolute Gasteiger partial charge is 0.477 e. The lowest BCUT2D eigenvalue weighted by Gasteiger charge is -2.07. The van der Waals surface area contributed by atoms with E-state index in [2.05, 4.69) is 4.98 Å². The number of nitrogens with one attached hydrogen (secondary N) is 1. The summed E-state index contributed by atoms with van der Waals surface area (Å²) in [6.45, 7) is 3.13. The summed E-state index contributed by atoms with van der Waals surface area (Å²) in [5, 5.41) is 8.86. The zero-order valence-corrected chi connectivity index (χ0v) is 10.1. The Labute approximate surface area is 102 Å².